The highest BCUT2D eigenvalue weighted by atomic mass is 31.2. The minimum Gasteiger partial charge on any atom is -0.462 e. The second kappa shape index (κ2) is 72.6. The fraction of sp³-hybridized carbons (Fsp3) is 0.951. The molecule has 0 radical (unpaired) electrons. The minimum absolute atomic E-state index is 0.103. The van der Waals surface area contributed by atoms with Crippen molar-refractivity contribution in [2.75, 3.05) is 39.6 Å². The van der Waals surface area contributed by atoms with E-state index in [2.05, 4.69) is 41.5 Å². The number of hydrogen-bond acceptors (Lipinski definition) is 15. The van der Waals surface area contributed by atoms with Gasteiger partial charge in [0, 0.05) is 25.7 Å². The zero-order valence-corrected chi connectivity index (χ0v) is 67.3. The summed E-state index contributed by atoms with van der Waals surface area (Å²) < 4.78 is 68.6. The number of aliphatic hydroxyl groups excluding tert-OH is 1. The molecule has 0 spiro atoms. The van der Waals surface area contributed by atoms with Crippen LogP contribution in [0.25, 0.3) is 0 Å². The lowest BCUT2D eigenvalue weighted by molar-refractivity contribution is -0.161. The number of hydrogen-bond donors (Lipinski definition) is 3. The molecule has 17 nitrogen and oxygen atoms in total. The number of phosphoric ester groups is 2. The molecular weight excluding hydrogens is 1310 g/mol. The molecule has 0 heterocycles. The maximum Gasteiger partial charge on any atom is 0.472 e. The highest BCUT2D eigenvalue weighted by molar-refractivity contribution is 7.47. The zero-order chi connectivity index (χ0) is 73.5. The van der Waals surface area contributed by atoms with E-state index in [9.17, 15) is 43.2 Å². The number of unbranched alkanes of at least 4 members (excludes halogenated alkanes) is 49. The van der Waals surface area contributed by atoms with E-state index in [1.807, 2.05) is 0 Å². The van der Waals surface area contributed by atoms with Crippen LogP contribution in [0.4, 0.5) is 0 Å². The molecule has 0 aliphatic rings. The van der Waals surface area contributed by atoms with E-state index >= 15 is 0 Å². The molecule has 6 atom stereocenters. The summed E-state index contributed by atoms with van der Waals surface area (Å²) >= 11 is 0. The molecule has 0 amide bonds. The second-order valence-corrected chi connectivity index (χ2v) is 32.8. The number of rotatable bonds is 80. The minimum atomic E-state index is -4.96. The van der Waals surface area contributed by atoms with Crippen molar-refractivity contribution in [3.05, 3.63) is 0 Å². The van der Waals surface area contributed by atoms with Crippen LogP contribution in [0.5, 0.6) is 0 Å². The summed E-state index contributed by atoms with van der Waals surface area (Å²) in [6.45, 7) is 9.59. The lowest BCUT2D eigenvalue weighted by Crippen LogP contribution is -2.30. The number of carbonyl (C=O) groups excluding carboxylic acids is 4. The molecule has 0 saturated heterocycles. The Bertz CT molecular complexity index is 1930. The maximum absolute atomic E-state index is 13.1. The van der Waals surface area contributed by atoms with Crippen molar-refractivity contribution >= 4 is 39.5 Å². The highest BCUT2D eigenvalue weighted by Crippen LogP contribution is 2.45. The van der Waals surface area contributed by atoms with Crippen molar-refractivity contribution < 1.29 is 80.2 Å². The molecule has 0 saturated carbocycles. The summed E-state index contributed by atoms with van der Waals surface area (Å²) in [6, 6.07) is 0. The number of esters is 4. The fourth-order valence-electron chi connectivity index (χ4n) is 12.5. The molecule has 0 fully saturated rings. The Morgan fingerprint density at radius 1 is 0.290 bits per heavy atom. The first-order chi connectivity index (χ1) is 48.4. The summed E-state index contributed by atoms with van der Waals surface area (Å²) in [5.74, 6) is -0.587. The molecule has 0 aromatic rings. The third kappa shape index (κ3) is 73.0. The van der Waals surface area contributed by atoms with Gasteiger partial charge >= 0.3 is 39.5 Å². The predicted octanol–water partition coefficient (Wildman–Crippen LogP) is 24.3. The highest BCUT2D eigenvalue weighted by Gasteiger charge is 2.30. The quantitative estimate of drug-likeness (QED) is 0.0222. The molecule has 0 aromatic carbocycles. The molecular formula is C81H158O17P2. The molecule has 0 bridgehead atoms. The second-order valence-electron chi connectivity index (χ2n) is 29.9. The first-order valence-corrected chi connectivity index (χ1v) is 45.0. The van der Waals surface area contributed by atoms with Gasteiger partial charge in [0.05, 0.1) is 26.4 Å². The van der Waals surface area contributed by atoms with E-state index in [1.165, 1.54) is 244 Å². The number of ether oxygens (including phenoxy) is 4. The molecule has 3 N–H and O–H groups in total. The number of phosphoric acid groups is 2. The van der Waals surface area contributed by atoms with E-state index < -0.39 is 97.5 Å². The normalized spacial score (nSPS) is 14.2. The van der Waals surface area contributed by atoms with Gasteiger partial charge < -0.3 is 33.8 Å². The zero-order valence-electron chi connectivity index (χ0n) is 65.5. The summed E-state index contributed by atoms with van der Waals surface area (Å²) in [6.07, 6.45) is 62.7. The first-order valence-electron chi connectivity index (χ1n) is 42.0. The van der Waals surface area contributed by atoms with Crippen LogP contribution < -0.4 is 0 Å². The van der Waals surface area contributed by atoms with Crippen LogP contribution in [0, 0.1) is 11.8 Å². The average Bonchev–Trinajstić information content (AvgIpc) is 1.04. The summed E-state index contributed by atoms with van der Waals surface area (Å²) in [7, 11) is -9.92. The van der Waals surface area contributed by atoms with Crippen molar-refractivity contribution in [3.8, 4) is 0 Å². The molecule has 3 unspecified atom stereocenters. The lowest BCUT2D eigenvalue weighted by atomic mass is 10.00. The van der Waals surface area contributed by atoms with E-state index in [4.69, 9.17) is 37.0 Å². The van der Waals surface area contributed by atoms with Crippen molar-refractivity contribution in [1.82, 2.24) is 0 Å². The van der Waals surface area contributed by atoms with Crippen LogP contribution in [0.15, 0.2) is 0 Å². The van der Waals surface area contributed by atoms with E-state index in [0.29, 0.717) is 25.7 Å². The Labute approximate surface area is 613 Å². The van der Waals surface area contributed by atoms with Gasteiger partial charge in [-0.15, -0.1) is 0 Å². The monoisotopic (exact) mass is 1470 g/mol. The molecule has 594 valence electrons. The van der Waals surface area contributed by atoms with Crippen LogP contribution in [0.1, 0.15) is 427 Å². The van der Waals surface area contributed by atoms with Crippen molar-refractivity contribution in [2.24, 2.45) is 11.8 Å². The largest absolute Gasteiger partial charge is 0.472 e. The van der Waals surface area contributed by atoms with Gasteiger partial charge in [0.2, 0.25) is 0 Å². The van der Waals surface area contributed by atoms with E-state index in [0.717, 1.165) is 102 Å². The van der Waals surface area contributed by atoms with E-state index in [1.54, 1.807) is 0 Å². The Morgan fingerprint density at radius 2 is 0.510 bits per heavy atom. The van der Waals surface area contributed by atoms with Crippen LogP contribution >= 0.6 is 15.6 Å². The van der Waals surface area contributed by atoms with Gasteiger partial charge in [-0.25, -0.2) is 9.13 Å². The van der Waals surface area contributed by atoms with Crippen molar-refractivity contribution in [3.63, 3.8) is 0 Å². The topological polar surface area (TPSA) is 237 Å². The van der Waals surface area contributed by atoms with Gasteiger partial charge in [-0.2, -0.15) is 0 Å². The van der Waals surface area contributed by atoms with Gasteiger partial charge in [-0.05, 0) is 37.5 Å². The number of carbonyl (C=O) groups is 4. The van der Waals surface area contributed by atoms with Gasteiger partial charge in [-0.1, -0.05) is 375 Å². The third-order valence-electron chi connectivity index (χ3n) is 19.3. The summed E-state index contributed by atoms with van der Waals surface area (Å²) in [5.41, 5.74) is 0. The molecule has 0 aliphatic heterocycles. The van der Waals surface area contributed by atoms with Crippen LogP contribution in [0.3, 0.4) is 0 Å². The van der Waals surface area contributed by atoms with Gasteiger partial charge in [0.1, 0.15) is 19.3 Å². The number of aliphatic hydroxyl groups is 1. The molecule has 100 heavy (non-hydrogen) atoms. The predicted molar refractivity (Wildman–Crippen MR) is 409 cm³/mol. The van der Waals surface area contributed by atoms with Crippen molar-refractivity contribution in [1.29, 1.82) is 0 Å². The Hall–Kier alpha value is -1.94. The Kier molecular flexibility index (Phi) is 71.2. The Morgan fingerprint density at radius 3 is 0.760 bits per heavy atom. The smallest absolute Gasteiger partial charge is 0.462 e. The maximum atomic E-state index is 13.1. The van der Waals surface area contributed by atoms with Crippen LogP contribution in [0.2, 0.25) is 0 Å². The average molecular weight is 1470 g/mol. The Balaban J connectivity index is 5.18. The fourth-order valence-corrected chi connectivity index (χ4v) is 14.1. The van der Waals surface area contributed by atoms with Crippen molar-refractivity contribution in [2.45, 2.75) is 445 Å². The molecule has 0 aliphatic carbocycles. The van der Waals surface area contributed by atoms with Crippen LogP contribution in [-0.2, 0) is 65.4 Å². The molecule has 0 aromatic heterocycles. The third-order valence-corrected chi connectivity index (χ3v) is 21.2. The van der Waals surface area contributed by atoms with Gasteiger partial charge in [0.15, 0.2) is 12.2 Å². The molecule has 19 heteroatoms. The van der Waals surface area contributed by atoms with Gasteiger partial charge in [-0.3, -0.25) is 37.3 Å². The summed E-state index contributed by atoms with van der Waals surface area (Å²) in [5, 5.41) is 10.6. The standard InChI is InChI=1S/C81H158O17P2/c1-7-10-12-14-16-18-20-21-22-23-24-25-26-27-28-31-35-38-42-46-53-59-65-80(85)97-76(69-91-79(84)64-58-52-45-41-37-34-32-29-30-33-36-39-43-49-55-61-73(4)5)71-95-99(87,88)93-67-75(82)68-94-100(89,90)96-72-77(98-81(86)66-60-54-48-47-50-56-62-74(6)9-3)70-92-78(83)63-57-51-44-40-19-17-15-13-11-8-2/h73-77,82H,7-72H2,1-6H3,(H,87,88)(H,89,90)/t74?,75-,76-,77-/m1/s1. The first kappa shape index (κ1) is 98.1. The van der Waals surface area contributed by atoms with Crippen LogP contribution in [-0.4, -0.2) is 96.7 Å². The molecule has 0 rings (SSSR count). The lowest BCUT2D eigenvalue weighted by Gasteiger charge is -2.21. The van der Waals surface area contributed by atoms with E-state index in [-0.39, 0.29) is 25.7 Å². The summed E-state index contributed by atoms with van der Waals surface area (Å²) in [4.78, 5) is 72.9. The SMILES string of the molecule is CCCCCCCCCCCCCCCCCCCCCCCCC(=O)O[C@H](COC(=O)CCCCCCCCCCCCCCCCCC(C)C)COP(=O)(O)OC[C@@H](O)COP(=O)(O)OC[C@@H](COC(=O)CCCCCCCCCCCC)OC(=O)CCCCCCCCC(C)CC. The van der Waals surface area contributed by atoms with Gasteiger partial charge in [0.25, 0.3) is 0 Å².